The van der Waals surface area contributed by atoms with Crippen LogP contribution < -0.4 is 5.32 Å². The second-order valence-electron chi connectivity index (χ2n) is 6.51. The molecule has 1 atom stereocenters. The minimum atomic E-state index is -0.520. The van der Waals surface area contributed by atoms with Crippen LogP contribution in [-0.2, 0) is 22.4 Å². The average molecular weight is 344 g/mol. The summed E-state index contributed by atoms with van der Waals surface area (Å²) in [5.74, 6) is -0.253. The van der Waals surface area contributed by atoms with Gasteiger partial charge in [-0.15, -0.1) is 0 Å². The molecule has 7 nitrogen and oxygen atoms in total. The molecule has 1 aliphatic rings. The Morgan fingerprint density at radius 1 is 1.48 bits per heavy atom. The van der Waals surface area contributed by atoms with Gasteiger partial charge in [0.25, 0.3) is 0 Å². The number of alkyl carbamates (subject to hydrolysis) is 1. The number of hydrogen-bond donors (Lipinski definition) is 1. The van der Waals surface area contributed by atoms with Crippen LogP contribution in [-0.4, -0.2) is 40.1 Å². The molecule has 1 aromatic rings. The zero-order valence-corrected chi connectivity index (χ0v) is 14.4. The first-order chi connectivity index (χ1) is 10.8. The second kappa shape index (κ2) is 7.21. The van der Waals surface area contributed by atoms with Crippen molar-refractivity contribution in [2.45, 2.75) is 45.8 Å². The smallest absolute Gasteiger partial charge is 0.407 e. The van der Waals surface area contributed by atoms with Crippen LogP contribution in [0.3, 0.4) is 0 Å². The number of esters is 1. The summed E-state index contributed by atoms with van der Waals surface area (Å²) < 4.78 is 11.8. The van der Waals surface area contributed by atoms with E-state index in [-0.39, 0.29) is 12.0 Å². The number of halogens is 1. The fraction of sp³-hybridized carbons (Fsp3) is 0.667. The summed E-state index contributed by atoms with van der Waals surface area (Å²) in [5.41, 5.74) is 0.739. The molecule has 8 heteroatoms. The lowest BCUT2D eigenvalue weighted by Crippen LogP contribution is -2.37. The average Bonchev–Trinajstić information content (AvgIpc) is 2.86. The lowest BCUT2D eigenvalue weighted by molar-refractivity contribution is 0.0512. The van der Waals surface area contributed by atoms with Crippen LogP contribution in [0.5, 0.6) is 0 Å². The Morgan fingerprint density at radius 2 is 2.22 bits per heavy atom. The Bertz CT molecular complexity index is 580. The molecule has 0 radical (unpaired) electrons. The maximum absolute atomic E-state index is 11.9. The number of alkyl halides is 1. The highest BCUT2D eigenvalue weighted by atomic mass is 35.5. The van der Waals surface area contributed by atoms with Crippen LogP contribution in [0, 0.1) is 5.92 Å². The Morgan fingerprint density at radius 3 is 2.87 bits per heavy atom. The molecule has 1 unspecified atom stereocenters. The molecule has 1 N–H and O–H groups in total. The van der Waals surface area contributed by atoms with E-state index in [1.807, 2.05) is 20.8 Å². The highest BCUT2D eigenvalue weighted by Crippen LogP contribution is 2.23. The molecule has 1 aromatic heterocycles. The SMILES string of the molecule is CC(C)(C)OC(=O)NCC1CCn2ncc(C(=O)OCCl)c2C1. The van der Waals surface area contributed by atoms with Gasteiger partial charge in [0.05, 0.1) is 11.9 Å². The number of aryl methyl sites for hydroxylation is 1. The summed E-state index contributed by atoms with van der Waals surface area (Å²) in [6.45, 7) is 6.65. The Balaban J connectivity index is 1.93. The molecule has 0 fully saturated rings. The fourth-order valence-electron chi connectivity index (χ4n) is 2.51. The van der Waals surface area contributed by atoms with Crippen molar-refractivity contribution in [3.05, 3.63) is 17.5 Å². The van der Waals surface area contributed by atoms with E-state index in [0.29, 0.717) is 25.1 Å². The minimum Gasteiger partial charge on any atom is -0.446 e. The molecular weight excluding hydrogens is 322 g/mol. The molecular formula is C15H22ClN3O4. The van der Waals surface area contributed by atoms with Gasteiger partial charge in [0.1, 0.15) is 11.2 Å². The first-order valence-corrected chi connectivity index (χ1v) is 8.08. The van der Waals surface area contributed by atoms with E-state index < -0.39 is 17.7 Å². The van der Waals surface area contributed by atoms with Gasteiger partial charge in [0, 0.05) is 13.1 Å². The van der Waals surface area contributed by atoms with Crippen LogP contribution in [0.2, 0.25) is 0 Å². The summed E-state index contributed by atoms with van der Waals surface area (Å²) in [6.07, 6.45) is 2.59. The molecule has 0 saturated carbocycles. The number of ether oxygens (including phenoxy) is 2. The quantitative estimate of drug-likeness (QED) is 0.670. The molecule has 0 aromatic carbocycles. The van der Waals surface area contributed by atoms with Gasteiger partial charge >= 0.3 is 12.1 Å². The van der Waals surface area contributed by atoms with E-state index in [9.17, 15) is 9.59 Å². The monoisotopic (exact) mass is 343 g/mol. The summed E-state index contributed by atoms with van der Waals surface area (Å²) in [7, 11) is 0. The summed E-state index contributed by atoms with van der Waals surface area (Å²) in [4.78, 5) is 23.6. The Labute approximate surface area is 140 Å². The van der Waals surface area contributed by atoms with E-state index in [1.165, 1.54) is 6.20 Å². The highest BCUT2D eigenvalue weighted by molar-refractivity contribution is 6.17. The van der Waals surface area contributed by atoms with Gasteiger partial charge < -0.3 is 14.8 Å². The number of amides is 1. The molecule has 128 valence electrons. The van der Waals surface area contributed by atoms with Crippen LogP contribution in [0.15, 0.2) is 6.20 Å². The number of carbonyl (C=O) groups excluding carboxylic acids is 2. The summed E-state index contributed by atoms with van der Waals surface area (Å²) in [5, 5.41) is 6.98. The van der Waals surface area contributed by atoms with E-state index in [4.69, 9.17) is 21.1 Å². The standard InChI is InChI=1S/C15H22ClN3O4/c1-15(2,3)23-14(21)17-7-10-4-5-19-12(6-10)11(8-18-19)13(20)22-9-16/h8,10H,4-7,9H2,1-3H3,(H,17,21). The zero-order chi connectivity index (χ0) is 17.0. The third kappa shape index (κ3) is 4.86. The fourth-order valence-corrected chi connectivity index (χ4v) is 2.61. The van der Waals surface area contributed by atoms with Crippen molar-refractivity contribution in [2.24, 2.45) is 5.92 Å². The van der Waals surface area contributed by atoms with Crippen molar-refractivity contribution in [2.75, 3.05) is 12.6 Å². The third-order valence-electron chi connectivity index (χ3n) is 3.52. The second-order valence-corrected chi connectivity index (χ2v) is 6.73. The van der Waals surface area contributed by atoms with Crippen molar-refractivity contribution in [1.82, 2.24) is 15.1 Å². The summed E-state index contributed by atoms with van der Waals surface area (Å²) in [6, 6.07) is -0.187. The Kier molecular flexibility index (Phi) is 5.51. The number of nitrogens with zero attached hydrogens (tertiary/aromatic N) is 2. The largest absolute Gasteiger partial charge is 0.446 e. The van der Waals surface area contributed by atoms with Crippen molar-refractivity contribution >= 4 is 23.7 Å². The molecule has 0 spiro atoms. The molecule has 1 aliphatic heterocycles. The van der Waals surface area contributed by atoms with E-state index >= 15 is 0 Å². The zero-order valence-electron chi connectivity index (χ0n) is 13.6. The predicted octanol–water partition coefficient (Wildman–Crippen LogP) is 2.32. The topological polar surface area (TPSA) is 82.5 Å². The minimum absolute atomic E-state index is 0.187. The van der Waals surface area contributed by atoms with Gasteiger partial charge in [0.15, 0.2) is 6.07 Å². The lowest BCUT2D eigenvalue weighted by Gasteiger charge is -2.25. The van der Waals surface area contributed by atoms with E-state index in [0.717, 1.165) is 12.1 Å². The molecule has 0 aliphatic carbocycles. The molecule has 23 heavy (non-hydrogen) atoms. The van der Waals surface area contributed by atoms with Crippen molar-refractivity contribution in [3.8, 4) is 0 Å². The normalized spacial score (nSPS) is 17.3. The van der Waals surface area contributed by atoms with Crippen molar-refractivity contribution in [3.63, 3.8) is 0 Å². The first kappa shape index (κ1) is 17.6. The number of aromatic nitrogens is 2. The highest BCUT2D eigenvalue weighted by Gasteiger charge is 2.26. The van der Waals surface area contributed by atoms with Gasteiger partial charge in [-0.3, -0.25) is 4.68 Å². The molecule has 2 rings (SSSR count). The van der Waals surface area contributed by atoms with Crippen molar-refractivity contribution < 1.29 is 19.1 Å². The molecule has 2 heterocycles. The van der Waals surface area contributed by atoms with Gasteiger partial charge in [-0.25, -0.2) is 9.59 Å². The number of fused-ring (bicyclic) bond motifs is 1. The first-order valence-electron chi connectivity index (χ1n) is 7.55. The number of rotatable bonds is 4. The number of carbonyl (C=O) groups is 2. The van der Waals surface area contributed by atoms with Crippen molar-refractivity contribution in [1.29, 1.82) is 0 Å². The van der Waals surface area contributed by atoms with Crippen LogP contribution in [0.1, 0.15) is 43.2 Å². The van der Waals surface area contributed by atoms with Crippen LogP contribution in [0.25, 0.3) is 0 Å². The number of nitrogens with one attached hydrogen (secondary N) is 1. The summed E-state index contributed by atoms with van der Waals surface area (Å²) >= 11 is 5.43. The maximum Gasteiger partial charge on any atom is 0.407 e. The van der Waals surface area contributed by atoms with Crippen LogP contribution >= 0.6 is 11.6 Å². The lowest BCUT2D eigenvalue weighted by atomic mass is 9.94. The maximum atomic E-state index is 11.9. The number of hydrogen-bond acceptors (Lipinski definition) is 5. The third-order valence-corrected chi connectivity index (χ3v) is 3.63. The van der Waals surface area contributed by atoms with E-state index in [1.54, 1.807) is 4.68 Å². The van der Waals surface area contributed by atoms with E-state index in [2.05, 4.69) is 10.4 Å². The molecule has 0 saturated heterocycles. The van der Waals surface area contributed by atoms with Gasteiger partial charge in [-0.1, -0.05) is 11.6 Å². The molecule has 0 bridgehead atoms. The van der Waals surface area contributed by atoms with Crippen LogP contribution in [0.4, 0.5) is 4.79 Å². The molecule has 1 amide bonds. The predicted molar refractivity (Wildman–Crippen MR) is 84.4 cm³/mol. The van der Waals surface area contributed by atoms with Gasteiger partial charge in [0.2, 0.25) is 0 Å². The Hall–Kier alpha value is -1.76. The van der Waals surface area contributed by atoms with Gasteiger partial charge in [-0.2, -0.15) is 5.10 Å². The van der Waals surface area contributed by atoms with Gasteiger partial charge in [-0.05, 0) is 39.5 Å².